The average molecular weight is 354 g/mol. The van der Waals surface area contributed by atoms with E-state index in [-0.39, 0.29) is 12.4 Å². The molecule has 1 fully saturated rings. The predicted octanol–water partition coefficient (Wildman–Crippen LogP) is 3.28. The Morgan fingerprint density at radius 1 is 1.39 bits per heavy atom. The maximum absolute atomic E-state index is 5.55. The molecular weight excluding hydrogens is 330 g/mol. The van der Waals surface area contributed by atoms with Gasteiger partial charge in [-0.2, -0.15) is 0 Å². The Hall–Kier alpha value is -1.14. The van der Waals surface area contributed by atoms with E-state index >= 15 is 0 Å². The van der Waals surface area contributed by atoms with Crippen molar-refractivity contribution in [3.63, 3.8) is 0 Å². The third-order valence-electron chi connectivity index (χ3n) is 4.11. The SMILES string of the molecule is CCc1ncc(CN2CCNCC2c2ccccc2OC)s1.Cl. The average Bonchev–Trinajstić information content (AvgIpc) is 3.03. The third kappa shape index (κ3) is 4.23. The first-order valence-corrected chi connectivity index (χ1v) is 8.64. The molecule has 0 bridgehead atoms. The second-order valence-corrected chi connectivity index (χ2v) is 6.71. The first kappa shape index (κ1) is 18.2. The number of para-hydroxylation sites is 1. The van der Waals surface area contributed by atoms with Gasteiger partial charge in [0.2, 0.25) is 0 Å². The summed E-state index contributed by atoms with van der Waals surface area (Å²) in [5, 5.41) is 4.73. The van der Waals surface area contributed by atoms with Gasteiger partial charge in [-0.3, -0.25) is 4.90 Å². The van der Waals surface area contributed by atoms with E-state index in [2.05, 4.69) is 34.3 Å². The van der Waals surface area contributed by atoms with Gasteiger partial charge in [0.1, 0.15) is 5.75 Å². The number of nitrogens with one attached hydrogen (secondary N) is 1. The standard InChI is InChI=1S/C17H23N3OS.ClH/c1-3-17-19-10-13(22-17)12-20-9-8-18-11-15(20)14-6-4-5-7-16(14)21-2;/h4-7,10,15,18H,3,8-9,11-12H2,1-2H3;1H. The first-order chi connectivity index (χ1) is 10.8. The monoisotopic (exact) mass is 353 g/mol. The zero-order valence-electron chi connectivity index (χ0n) is 13.6. The molecule has 3 rings (SSSR count). The fourth-order valence-corrected chi connectivity index (χ4v) is 3.86. The number of aryl methyl sites for hydroxylation is 1. The summed E-state index contributed by atoms with van der Waals surface area (Å²) in [7, 11) is 1.75. The molecule has 6 heteroatoms. The van der Waals surface area contributed by atoms with Crippen molar-refractivity contribution in [1.29, 1.82) is 0 Å². The lowest BCUT2D eigenvalue weighted by molar-refractivity contribution is 0.152. The van der Waals surface area contributed by atoms with Crippen molar-refractivity contribution in [2.45, 2.75) is 25.9 Å². The maximum Gasteiger partial charge on any atom is 0.123 e. The van der Waals surface area contributed by atoms with Crippen LogP contribution in [-0.4, -0.2) is 36.6 Å². The Labute approximate surface area is 148 Å². The molecule has 0 saturated carbocycles. The summed E-state index contributed by atoms with van der Waals surface area (Å²) in [6.07, 6.45) is 3.05. The highest BCUT2D eigenvalue weighted by molar-refractivity contribution is 7.11. The normalized spacial score (nSPS) is 18.4. The Kier molecular flexibility index (Phi) is 6.84. The Bertz CT molecular complexity index is 619. The summed E-state index contributed by atoms with van der Waals surface area (Å²) >= 11 is 1.83. The van der Waals surface area contributed by atoms with Crippen molar-refractivity contribution in [2.75, 3.05) is 26.7 Å². The van der Waals surface area contributed by atoms with Gasteiger partial charge in [0.25, 0.3) is 0 Å². The molecule has 2 heterocycles. The van der Waals surface area contributed by atoms with Gasteiger partial charge in [-0.1, -0.05) is 25.1 Å². The van der Waals surface area contributed by atoms with Crippen LogP contribution in [0.2, 0.25) is 0 Å². The molecule has 1 saturated heterocycles. The molecule has 23 heavy (non-hydrogen) atoms. The van der Waals surface area contributed by atoms with Gasteiger partial charge >= 0.3 is 0 Å². The predicted molar refractivity (Wildman–Crippen MR) is 97.8 cm³/mol. The number of hydrogen-bond acceptors (Lipinski definition) is 5. The van der Waals surface area contributed by atoms with Crippen molar-refractivity contribution < 1.29 is 4.74 Å². The van der Waals surface area contributed by atoms with Gasteiger partial charge in [-0.15, -0.1) is 23.7 Å². The number of nitrogens with zero attached hydrogens (tertiary/aromatic N) is 2. The number of methoxy groups -OCH3 is 1. The molecule has 1 aromatic heterocycles. The Morgan fingerprint density at radius 2 is 2.22 bits per heavy atom. The summed E-state index contributed by atoms with van der Waals surface area (Å²) in [6.45, 7) is 6.15. The number of piperazine rings is 1. The zero-order valence-corrected chi connectivity index (χ0v) is 15.3. The fraction of sp³-hybridized carbons (Fsp3) is 0.471. The molecule has 1 unspecified atom stereocenters. The van der Waals surface area contributed by atoms with Crippen molar-refractivity contribution in [2.24, 2.45) is 0 Å². The molecule has 0 spiro atoms. The van der Waals surface area contributed by atoms with Gasteiger partial charge in [-0.05, 0) is 12.5 Å². The van der Waals surface area contributed by atoms with E-state index in [0.29, 0.717) is 6.04 Å². The largest absolute Gasteiger partial charge is 0.496 e. The third-order valence-corrected chi connectivity index (χ3v) is 5.24. The lowest BCUT2D eigenvalue weighted by atomic mass is 10.0. The van der Waals surface area contributed by atoms with Gasteiger partial charge in [0.15, 0.2) is 0 Å². The van der Waals surface area contributed by atoms with Crippen molar-refractivity contribution in [3.8, 4) is 5.75 Å². The number of rotatable bonds is 5. The Morgan fingerprint density at radius 3 is 2.96 bits per heavy atom. The van der Waals surface area contributed by atoms with E-state index in [4.69, 9.17) is 4.74 Å². The highest BCUT2D eigenvalue weighted by Crippen LogP contribution is 2.31. The minimum atomic E-state index is 0. The molecular formula is C17H24ClN3OS. The lowest BCUT2D eigenvalue weighted by Gasteiger charge is -2.36. The first-order valence-electron chi connectivity index (χ1n) is 7.83. The summed E-state index contributed by atoms with van der Waals surface area (Å²) in [5.41, 5.74) is 1.26. The minimum absolute atomic E-state index is 0. The molecule has 2 aromatic rings. The lowest BCUT2D eigenvalue weighted by Crippen LogP contribution is -2.45. The molecule has 1 aromatic carbocycles. The van der Waals surface area contributed by atoms with E-state index in [1.165, 1.54) is 15.4 Å². The van der Waals surface area contributed by atoms with Crippen LogP contribution >= 0.6 is 23.7 Å². The van der Waals surface area contributed by atoms with Crippen LogP contribution in [0.25, 0.3) is 0 Å². The van der Waals surface area contributed by atoms with Crippen molar-refractivity contribution in [3.05, 3.63) is 45.9 Å². The van der Waals surface area contributed by atoms with Crippen LogP contribution in [0, 0.1) is 0 Å². The highest BCUT2D eigenvalue weighted by Gasteiger charge is 2.26. The second-order valence-electron chi connectivity index (χ2n) is 5.51. The van der Waals surface area contributed by atoms with Gasteiger partial charge in [0, 0.05) is 42.8 Å². The number of hydrogen-bond donors (Lipinski definition) is 1. The van der Waals surface area contributed by atoms with E-state index < -0.39 is 0 Å². The molecule has 0 aliphatic carbocycles. The molecule has 4 nitrogen and oxygen atoms in total. The second kappa shape index (κ2) is 8.64. The number of aromatic nitrogens is 1. The van der Waals surface area contributed by atoms with Gasteiger partial charge in [0.05, 0.1) is 18.2 Å². The molecule has 1 aliphatic rings. The molecule has 1 N–H and O–H groups in total. The summed E-state index contributed by atoms with van der Waals surface area (Å²) in [5.74, 6) is 0.972. The van der Waals surface area contributed by atoms with Crippen LogP contribution in [0.5, 0.6) is 5.75 Å². The number of halogens is 1. The number of benzene rings is 1. The summed E-state index contributed by atoms with van der Waals surface area (Å²) in [4.78, 5) is 8.36. The highest BCUT2D eigenvalue weighted by atomic mass is 35.5. The maximum atomic E-state index is 5.55. The summed E-state index contributed by atoms with van der Waals surface area (Å²) in [6, 6.07) is 8.68. The molecule has 0 amide bonds. The minimum Gasteiger partial charge on any atom is -0.496 e. The van der Waals surface area contributed by atoms with E-state index in [0.717, 1.165) is 38.3 Å². The smallest absolute Gasteiger partial charge is 0.123 e. The van der Waals surface area contributed by atoms with Crippen molar-refractivity contribution >= 4 is 23.7 Å². The molecule has 126 valence electrons. The molecule has 1 aliphatic heterocycles. The molecule has 1 atom stereocenters. The van der Waals surface area contributed by atoms with Crippen LogP contribution in [0.1, 0.15) is 28.4 Å². The van der Waals surface area contributed by atoms with Crippen molar-refractivity contribution in [1.82, 2.24) is 15.2 Å². The van der Waals surface area contributed by atoms with E-state index in [9.17, 15) is 0 Å². The summed E-state index contributed by atoms with van der Waals surface area (Å²) < 4.78 is 5.55. The van der Waals surface area contributed by atoms with E-state index in [1.807, 2.05) is 29.7 Å². The Balaban J connectivity index is 0.00000192. The number of ether oxygens (including phenoxy) is 1. The quantitative estimate of drug-likeness (QED) is 0.895. The topological polar surface area (TPSA) is 37.4 Å². The van der Waals surface area contributed by atoms with Gasteiger partial charge in [-0.25, -0.2) is 4.98 Å². The van der Waals surface area contributed by atoms with Crippen LogP contribution in [0.15, 0.2) is 30.5 Å². The van der Waals surface area contributed by atoms with Crippen LogP contribution in [0.4, 0.5) is 0 Å². The fourth-order valence-electron chi connectivity index (χ4n) is 2.97. The van der Waals surface area contributed by atoms with Crippen LogP contribution in [0.3, 0.4) is 0 Å². The van der Waals surface area contributed by atoms with Crippen LogP contribution < -0.4 is 10.1 Å². The zero-order chi connectivity index (χ0) is 15.4. The van der Waals surface area contributed by atoms with E-state index in [1.54, 1.807) is 7.11 Å². The molecule has 0 radical (unpaired) electrons. The van der Waals surface area contributed by atoms with Crippen LogP contribution in [-0.2, 0) is 13.0 Å². The number of thiazole rings is 1. The van der Waals surface area contributed by atoms with Gasteiger partial charge < -0.3 is 10.1 Å².